The van der Waals surface area contributed by atoms with Crippen LogP contribution in [0.15, 0.2) is 36.5 Å². The normalized spacial score (nSPS) is 11.3. The molecule has 1 aromatic heterocycles. The van der Waals surface area contributed by atoms with Gasteiger partial charge in [-0.3, -0.25) is 9.69 Å². The molecule has 0 bridgehead atoms. The molecule has 0 atom stereocenters. The fraction of sp³-hybridized carbons (Fsp3) is 0.389. The number of ether oxygens (including phenoxy) is 1. The average molecular weight is 367 g/mol. The van der Waals surface area contributed by atoms with Crippen molar-refractivity contribution in [2.24, 2.45) is 0 Å². The molecule has 0 N–H and O–H groups in total. The van der Waals surface area contributed by atoms with Crippen LogP contribution >= 0.6 is 0 Å². The molecule has 26 heavy (non-hydrogen) atoms. The van der Waals surface area contributed by atoms with E-state index in [9.17, 15) is 18.0 Å². The Morgan fingerprint density at radius 2 is 1.85 bits per heavy atom. The molecule has 0 radical (unpaired) electrons. The van der Waals surface area contributed by atoms with E-state index < -0.39 is 12.8 Å². The Morgan fingerprint density at radius 3 is 2.42 bits per heavy atom. The first-order valence-corrected chi connectivity index (χ1v) is 8.23. The van der Waals surface area contributed by atoms with Gasteiger partial charge in [0.1, 0.15) is 17.4 Å². The minimum absolute atomic E-state index is 0.106. The number of alkyl halides is 3. The smallest absolute Gasteiger partial charge is 0.422 e. The minimum atomic E-state index is -4.38. The predicted octanol–water partition coefficient (Wildman–Crippen LogP) is 3.58. The molecule has 140 valence electrons. The van der Waals surface area contributed by atoms with Crippen LogP contribution in [0.25, 0.3) is 0 Å². The van der Waals surface area contributed by atoms with E-state index in [1.807, 2.05) is 13.8 Å². The zero-order valence-electron chi connectivity index (χ0n) is 14.6. The Bertz CT molecular complexity index is 733. The van der Waals surface area contributed by atoms with E-state index in [4.69, 9.17) is 0 Å². The number of anilines is 1. The lowest BCUT2D eigenvalue weighted by atomic mass is 10.1. The quantitative estimate of drug-likeness (QED) is 0.751. The third-order valence-corrected chi connectivity index (χ3v) is 3.58. The maximum Gasteiger partial charge on any atom is 0.422 e. The van der Waals surface area contributed by atoms with Crippen molar-refractivity contribution in [2.45, 2.75) is 32.9 Å². The summed E-state index contributed by atoms with van der Waals surface area (Å²) in [7, 11) is 0. The summed E-state index contributed by atoms with van der Waals surface area (Å²) in [6, 6.07) is 7.67. The molecule has 0 aliphatic rings. The third-order valence-electron chi connectivity index (χ3n) is 3.58. The first kappa shape index (κ1) is 19.7. The molecule has 0 spiro atoms. The van der Waals surface area contributed by atoms with Crippen LogP contribution in [0.1, 0.15) is 25.2 Å². The van der Waals surface area contributed by atoms with Crippen LogP contribution in [-0.2, 0) is 17.6 Å². The van der Waals surface area contributed by atoms with E-state index in [0.29, 0.717) is 30.2 Å². The van der Waals surface area contributed by atoms with Gasteiger partial charge in [0, 0.05) is 19.2 Å². The first-order valence-electron chi connectivity index (χ1n) is 8.23. The third kappa shape index (κ3) is 5.72. The molecule has 2 rings (SSSR count). The van der Waals surface area contributed by atoms with Gasteiger partial charge < -0.3 is 4.74 Å². The standard InChI is InChI=1S/C18H20F3N3O2/c1-3-15-22-10-9-16(23-15)24(4-2)17(25)11-13-5-7-14(8-6-13)26-12-18(19,20)21/h5-10H,3-4,11-12H2,1-2H3. The van der Waals surface area contributed by atoms with E-state index in [2.05, 4.69) is 14.7 Å². The van der Waals surface area contributed by atoms with Crippen LogP contribution in [0.3, 0.4) is 0 Å². The number of rotatable bonds is 7. The van der Waals surface area contributed by atoms with Crippen LogP contribution in [0.5, 0.6) is 5.75 Å². The van der Waals surface area contributed by atoms with Crippen LogP contribution in [0, 0.1) is 0 Å². The van der Waals surface area contributed by atoms with Gasteiger partial charge in [0.15, 0.2) is 6.61 Å². The molecule has 0 saturated heterocycles. The molecule has 1 amide bonds. The van der Waals surface area contributed by atoms with Gasteiger partial charge in [-0.2, -0.15) is 13.2 Å². The monoisotopic (exact) mass is 367 g/mol. The van der Waals surface area contributed by atoms with Gasteiger partial charge in [-0.1, -0.05) is 19.1 Å². The number of likely N-dealkylation sites (N-methyl/N-ethyl adjacent to an activating group) is 1. The Morgan fingerprint density at radius 1 is 1.15 bits per heavy atom. The topological polar surface area (TPSA) is 55.3 Å². The molecule has 8 heteroatoms. The highest BCUT2D eigenvalue weighted by Gasteiger charge is 2.28. The van der Waals surface area contributed by atoms with E-state index in [0.717, 1.165) is 0 Å². The summed E-state index contributed by atoms with van der Waals surface area (Å²) in [5, 5.41) is 0. The molecular weight excluding hydrogens is 347 g/mol. The number of hydrogen-bond donors (Lipinski definition) is 0. The summed E-state index contributed by atoms with van der Waals surface area (Å²) in [5.74, 6) is 1.14. The summed E-state index contributed by atoms with van der Waals surface area (Å²) >= 11 is 0. The van der Waals surface area contributed by atoms with Crippen molar-refractivity contribution in [3.8, 4) is 5.75 Å². The molecule has 1 heterocycles. The van der Waals surface area contributed by atoms with Crippen molar-refractivity contribution in [1.29, 1.82) is 0 Å². The molecule has 0 aliphatic carbocycles. The molecule has 0 saturated carbocycles. The Balaban J connectivity index is 2.03. The number of hydrogen-bond acceptors (Lipinski definition) is 4. The number of amides is 1. The van der Waals surface area contributed by atoms with Gasteiger partial charge in [0.05, 0.1) is 6.42 Å². The van der Waals surface area contributed by atoms with Gasteiger partial charge in [-0.05, 0) is 30.7 Å². The Labute approximate surface area is 149 Å². The Kier molecular flexibility index (Phi) is 6.54. The molecule has 1 aromatic carbocycles. The predicted molar refractivity (Wildman–Crippen MR) is 91.1 cm³/mol. The fourth-order valence-electron chi connectivity index (χ4n) is 2.31. The number of benzene rings is 1. The molecular formula is C18H20F3N3O2. The number of nitrogens with zero attached hydrogens (tertiary/aromatic N) is 3. The van der Waals surface area contributed by atoms with Crippen molar-refractivity contribution in [3.63, 3.8) is 0 Å². The van der Waals surface area contributed by atoms with Crippen LogP contribution in [-0.4, -0.2) is 35.2 Å². The number of carbonyl (C=O) groups excluding carboxylic acids is 1. The number of halogens is 3. The molecule has 0 unspecified atom stereocenters. The van der Waals surface area contributed by atoms with Gasteiger partial charge in [0.25, 0.3) is 0 Å². The van der Waals surface area contributed by atoms with Gasteiger partial charge in [-0.15, -0.1) is 0 Å². The number of aryl methyl sites for hydroxylation is 1. The SMILES string of the molecule is CCc1nccc(N(CC)C(=O)Cc2ccc(OCC(F)(F)F)cc2)n1. The van der Waals surface area contributed by atoms with E-state index in [1.165, 1.54) is 12.1 Å². The summed E-state index contributed by atoms with van der Waals surface area (Å²) in [4.78, 5) is 22.6. The average Bonchev–Trinajstić information content (AvgIpc) is 2.61. The second kappa shape index (κ2) is 8.64. The lowest BCUT2D eigenvalue weighted by Crippen LogP contribution is -2.33. The summed E-state index contributed by atoms with van der Waals surface area (Å²) < 4.78 is 41.1. The van der Waals surface area contributed by atoms with Gasteiger partial charge >= 0.3 is 6.18 Å². The number of aromatic nitrogens is 2. The van der Waals surface area contributed by atoms with Gasteiger partial charge in [-0.25, -0.2) is 9.97 Å². The van der Waals surface area contributed by atoms with Gasteiger partial charge in [0.2, 0.25) is 5.91 Å². The second-order valence-corrected chi connectivity index (χ2v) is 5.55. The zero-order valence-corrected chi connectivity index (χ0v) is 14.6. The highest BCUT2D eigenvalue weighted by molar-refractivity contribution is 5.93. The van der Waals surface area contributed by atoms with Crippen LogP contribution < -0.4 is 9.64 Å². The van der Waals surface area contributed by atoms with Crippen molar-refractivity contribution >= 4 is 11.7 Å². The van der Waals surface area contributed by atoms with E-state index in [1.54, 1.807) is 29.3 Å². The maximum atomic E-state index is 12.6. The van der Waals surface area contributed by atoms with Crippen LogP contribution in [0.2, 0.25) is 0 Å². The lowest BCUT2D eigenvalue weighted by Gasteiger charge is -2.20. The largest absolute Gasteiger partial charge is 0.484 e. The van der Waals surface area contributed by atoms with Crippen molar-refractivity contribution in [1.82, 2.24) is 9.97 Å². The van der Waals surface area contributed by atoms with Crippen molar-refractivity contribution in [2.75, 3.05) is 18.1 Å². The summed E-state index contributed by atoms with van der Waals surface area (Å²) in [5.41, 5.74) is 0.678. The second-order valence-electron chi connectivity index (χ2n) is 5.55. The molecule has 0 fully saturated rings. The van der Waals surface area contributed by atoms with Crippen LogP contribution in [0.4, 0.5) is 19.0 Å². The Hall–Kier alpha value is -2.64. The molecule has 5 nitrogen and oxygen atoms in total. The molecule has 2 aromatic rings. The zero-order chi connectivity index (χ0) is 19.2. The van der Waals surface area contributed by atoms with E-state index >= 15 is 0 Å². The van der Waals surface area contributed by atoms with Crippen molar-refractivity contribution < 1.29 is 22.7 Å². The number of carbonyl (C=O) groups is 1. The summed E-state index contributed by atoms with van der Waals surface area (Å²) in [6.45, 7) is 2.88. The maximum absolute atomic E-state index is 12.6. The first-order chi connectivity index (χ1) is 12.3. The highest BCUT2D eigenvalue weighted by Crippen LogP contribution is 2.19. The minimum Gasteiger partial charge on any atom is -0.484 e. The fourth-order valence-corrected chi connectivity index (χ4v) is 2.31. The highest BCUT2D eigenvalue weighted by atomic mass is 19.4. The molecule has 0 aliphatic heterocycles. The van der Waals surface area contributed by atoms with E-state index in [-0.39, 0.29) is 18.1 Å². The van der Waals surface area contributed by atoms with Crippen molar-refractivity contribution in [3.05, 3.63) is 47.9 Å². The lowest BCUT2D eigenvalue weighted by molar-refractivity contribution is -0.153. The summed E-state index contributed by atoms with van der Waals surface area (Å²) in [6.07, 6.45) is -1.99.